The molecule has 2 rings (SSSR count). The van der Waals surface area contributed by atoms with E-state index in [9.17, 15) is 0 Å². The molecule has 0 spiro atoms. The van der Waals surface area contributed by atoms with Crippen LogP contribution in [0, 0.1) is 0 Å². The van der Waals surface area contributed by atoms with Crippen molar-refractivity contribution in [3.05, 3.63) is 40.4 Å². The molecule has 0 radical (unpaired) electrons. The normalized spacial score (nSPS) is 10.6. The second-order valence-electron chi connectivity index (χ2n) is 3.57. The molecule has 0 saturated heterocycles. The minimum atomic E-state index is 0.801. The number of hydrogen-bond acceptors (Lipinski definition) is 4. The minimum Gasteiger partial charge on any atom is -0.262 e. The van der Waals surface area contributed by atoms with Crippen molar-refractivity contribution < 1.29 is 0 Å². The van der Waals surface area contributed by atoms with E-state index in [-0.39, 0.29) is 0 Å². The predicted molar refractivity (Wildman–Crippen MR) is 69.0 cm³/mol. The minimum absolute atomic E-state index is 0.801. The molecule has 2 heterocycles. The molecule has 2 aromatic heterocycles. The van der Waals surface area contributed by atoms with E-state index in [1.165, 1.54) is 4.88 Å². The van der Waals surface area contributed by atoms with Crippen LogP contribution >= 0.6 is 23.1 Å². The SMILES string of the molecule is C=C(C)CSc1n[nH]c(Cc2cccs2)n1. The Hall–Kier alpha value is -1.07. The molecule has 0 aromatic carbocycles. The molecule has 1 N–H and O–H groups in total. The van der Waals surface area contributed by atoms with Crippen LogP contribution in [0.3, 0.4) is 0 Å². The molecular weight excluding hydrogens is 238 g/mol. The van der Waals surface area contributed by atoms with Gasteiger partial charge in [-0.3, -0.25) is 5.10 Å². The molecular formula is C11H13N3S2. The van der Waals surface area contributed by atoms with Gasteiger partial charge in [0.05, 0.1) is 0 Å². The first-order valence-corrected chi connectivity index (χ1v) is 6.81. The van der Waals surface area contributed by atoms with Gasteiger partial charge in [-0.05, 0) is 18.4 Å². The van der Waals surface area contributed by atoms with Crippen LogP contribution in [0.25, 0.3) is 0 Å². The molecule has 0 atom stereocenters. The highest BCUT2D eigenvalue weighted by atomic mass is 32.2. The summed E-state index contributed by atoms with van der Waals surface area (Å²) in [7, 11) is 0. The molecule has 3 nitrogen and oxygen atoms in total. The average Bonchev–Trinajstić information content (AvgIpc) is 2.87. The fraction of sp³-hybridized carbons (Fsp3) is 0.273. The molecule has 16 heavy (non-hydrogen) atoms. The van der Waals surface area contributed by atoms with Crippen LogP contribution in [0.5, 0.6) is 0 Å². The van der Waals surface area contributed by atoms with Gasteiger partial charge in [0.1, 0.15) is 5.82 Å². The zero-order valence-corrected chi connectivity index (χ0v) is 10.7. The van der Waals surface area contributed by atoms with Crippen LogP contribution in [0.4, 0.5) is 0 Å². The Morgan fingerprint density at radius 2 is 2.50 bits per heavy atom. The third kappa shape index (κ3) is 3.21. The summed E-state index contributed by atoms with van der Waals surface area (Å²) in [6.07, 6.45) is 0.832. The number of nitrogens with one attached hydrogen (secondary N) is 1. The largest absolute Gasteiger partial charge is 0.262 e. The highest BCUT2D eigenvalue weighted by molar-refractivity contribution is 7.99. The Bertz CT molecular complexity index is 459. The summed E-state index contributed by atoms with van der Waals surface area (Å²) in [6.45, 7) is 5.86. The first-order valence-electron chi connectivity index (χ1n) is 4.95. The maximum Gasteiger partial charge on any atom is 0.208 e. The van der Waals surface area contributed by atoms with Crippen molar-refractivity contribution in [2.75, 3.05) is 5.75 Å². The number of thiophene rings is 1. The monoisotopic (exact) mass is 251 g/mol. The number of thioether (sulfide) groups is 1. The van der Waals surface area contributed by atoms with Gasteiger partial charge in [-0.15, -0.1) is 16.4 Å². The summed E-state index contributed by atoms with van der Waals surface area (Å²) in [4.78, 5) is 5.72. The van der Waals surface area contributed by atoms with E-state index in [0.29, 0.717) is 0 Å². The molecule has 0 aliphatic carbocycles. The van der Waals surface area contributed by atoms with E-state index in [2.05, 4.69) is 33.2 Å². The number of hydrogen-bond donors (Lipinski definition) is 1. The smallest absolute Gasteiger partial charge is 0.208 e. The van der Waals surface area contributed by atoms with E-state index in [1.54, 1.807) is 23.1 Å². The second kappa shape index (κ2) is 5.32. The molecule has 2 aromatic rings. The van der Waals surface area contributed by atoms with Gasteiger partial charge in [-0.25, -0.2) is 4.98 Å². The van der Waals surface area contributed by atoms with Crippen LogP contribution in [0.1, 0.15) is 17.6 Å². The van der Waals surface area contributed by atoms with Gasteiger partial charge in [-0.1, -0.05) is 30.0 Å². The quantitative estimate of drug-likeness (QED) is 0.655. The average molecular weight is 251 g/mol. The van der Waals surface area contributed by atoms with Crippen molar-refractivity contribution in [2.24, 2.45) is 0 Å². The summed E-state index contributed by atoms with van der Waals surface area (Å²) in [5.41, 5.74) is 1.13. The maximum atomic E-state index is 4.42. The molecule has 84 valence electrons. The van der Waals surface area contributed by atoms with Crippen LogP contribution < -0.4 is 0 Å². The zero-order valence-electron chi connectivity index (χ0n) is 9.06. The maximum absolute atomic E-state index is 4.42. The topological polar surface area (TPSA) is 41.6 Å². The number of aromatic nitrogens is 3. The third-order valence-corrected chi connectivity index (χ3v) is 3.83. The third-order valence-electron chi connectivity index (χ3n) is 1.88. The summed E-state index contributed by atoms with van der Waals surface area (Å²) < 4.78 is 0. The van der Waals surface area contributed by atoms with Gasteiger partial charge >= 0.3 is 0 Å². The van der Waals surface area contributed by atoms with Crippen LogP contribution in [-0.4, -0.2) is 20.9 Å². The number of H-pyrrole nitrogens is 1. The van der Waals surface area contributed by atoms with E-state index < -0.39 is 0 Å². The van der Waals surface area contributed by atoms with E-state index >= 15 is 0 Å². The Kier molecular flexibility index (Phi) is 3.79. The number of rotatable bonds is 5. The Morgan fingerprint density at radius 3 is 3.19 bits per heavy atom. The fourth-order valence-electron chi connectivity index (χ4n) is 1.19. The molecule has 0 bridgehead atoms. The molecule has 5 heteroatoms. The van der Waals surface area contributed by atoms with Crippen LogP contribution in [-0.2, 0) is 6.42 Å². The highest BCUT2D eigenvalue weighted by Gasteiger charge is 2.05. The van der Waals surface area contributed by atoms with Crippen LogP contribution in [0.15, 0.2) is 34.8 Å². The lowest BCUT2D eigenvalue weighted by molar-refractivity contribution is 0.961. The van der Waals surface area contributed by atoms with Crippen molar-refractivity contribution in [1.82, 2.24) is 15.2 Å². The van der Waals surface area contributed by atoms with Gasteiger partial charge in [0, 0.05) is 17.1 Å². The molecule has 0 amide bonds. The second-order valence-corrected chi connectivity index (χ2v) is 5.54. The summed E-state index contributed by atoms with van der Waals surface area (Å²) in [5.74, 6) is 1.79. The summed E-state index contributed by atoms with van der Waals surface area (Å²) >= 11 is 3.35. The predicted octanol–water partition coefficient (Wildman–Crippen LogP) is 3.13. The van der Waals surface area contributed by atoms with Crippen molar-refractivity contribution in [1.29, 1.82) is 0 Å². The van der Waals surface area contributed by atoms with Crippen molar-refractivity contribution >= 4 is 23.1 Å². The van der Waals surface area contributed by atoms with Crippen molar-refractivity contribution in [2.45, 2.75) is 18.5 Å². The standard InChI is InChI=1S/C11H13N3S2/c1-8(2)7-16-11-12-10(13-14-11)6-9-4-3-5-15-9/h3-5H,1,6-7H2,2H3,(H,12,13,14). The van der Waals surface area contributed by atoms with Gasteiger partial charge in [-0.2, -0.15) is 0 Å². The lowest BCUT2D eigenvalue weighted by Crippen LogP contribution is -1.87. The van der Waals surface area contributed by atoms with Gasteiger partial charge in [0.25, 0.3) is 0 Å². The van der Waals surface area contributed by atoms with Crippen molar-refractivity contribution in [3.8, 4) is 0 Å². The van der Waals surface area contributed by atoms with Crippen molar-refractivity contribution in [3.63, 3.8) is 0 Å². The Morgan fingerprint density at radius 1 is 1.62 bits per heavy atom. The van der Waals surface area contributed by atoms with Crippen LogP contribution in [0.2, 0.25) is 0 Å². The fourth-order valence-corrected chi connectivity index (χ4v) is 2.56. The summed E-state index contributed by atoms with van der Waals surface area (Å²) in [6, 6.07) is 4.15. The highest BCUT2D eigenvalue weighted by Crippen LogP contribution is 2.17. The van der Waals surface area contributed by atoms with E-state index in [4.69, 9.17) is 0 Å². The first-order chi connectivity index (χ1) is 7.74. The summed E-state index contributed by atoms with van der Waals surface area (Å²) in [5, 5.41) is 9.99. The number of aromatic amines is 1. The van der Waals surface area contributed by atoms with Gasteiger partial charge < -0.3 is 0 Å². The van der Waals surface area contributed by atoms with Gasteiger partial charge in [0.2, 0.25) is 5.16 Å². The first kappa shape index (κ1) is 11.4. The van der Waals surface area contributed by atoms with E-state index in [1.807, 2.05) is 13.0 Å². The molecule has 0 fully saturated rings. The van der Waals surface area contributed by atoms with Gasteiger partial charge in [0.15, 0.2) is 0 Å². The zero-order chi connectivity index (χ0) is 11.4. The molecule has 0 unspecified atom stereocenters. The Balaban J connectivity index is 1.94. The number of nitrogens with zero attached hydrogens (tertiary/aromatic N) is 2. The van der Waals surface area contributed by atoms with E-state index in [0.717, 1.165) is 28.7 Å². The molecule has 0 aliphatic heterocycles. The molecule has 0 saturated carbocycles. The lowest BCUT2D eigenvalue weighted by Gasteiger charge is -1.93. The molecule has 0 aliphatic rings. The lowest BCUT2D eigenvalue weighted by atomic mass is 10.3. The Labute approximate surface area is 103 Å².